The fourth-order valence-corrected chi connectivity index (χ4v) is 5.18. The van der Waals surface area contributed by atoms with Crippen LogP contribution in [0.4, 0.5) is 0 Å². The highest BCUT2D eigenvalue weighted by molar-refractivity contribution is 7.94. The summed E-state index contributed by atoms with van der Waals surface area (Å²) in [5, 5.41) is 9.70. The van der Waals surface area contributed by atoms with Crippen LogP contribution >= 0.6 is 23.2 Å². The highest BCUT2D eigenvalue weighted by Gasteiger charge is 2.43. The molecule has 9 nitrogen and oxygen atoms in total. The minimum absolute atomic E-state index is 0.0236. The van der Waals surface area contributed by atoms with E-state index in [9.17, 15) is 26.4 Å². The van der Waals surface area contributed by atoms with Crippen LogP contribution in [0.5, 0.6) is 0 Å². The first kappa shape index (κ1) is 28.9. The van der Waals surface area contributed by atoms with Crippen LogP contribution in [0.2, 0.25) is 10.0 Å². The van der Waals surface area contributed by atoms with E-state index in [1.54, 1.807) is 0 Å². The van der Waals surface area contributed by atoms with E-state index in [1.807, 2.05) is 5.43 Å². The van der Waals surface area contributed by atoms with E-state index in [0.717, 1.165) is 13.8 Å². The molecule has 0 aliphatic carbocycles. The van der Waals surface area contributed by atoms with Gasteiger partial charge in [-0.15, -0.1) is 0 Å². The number of nitrogens with two attached hydrogens (primary N) is 1. The molecule has 2 rings (SSSR count). The second kappa shape index (κ2) is 10.4. The molecule has 4 N–H and O–H groups in total. The summed E-state index contributed by atoms with van der Waals surface area (Å²) in [5.41, 5.74) is 1.85. The molecule has 1 amide bonds. The third-order valence-electron chi connectivity index (χ3n) is 4.78. The van der Waals surface area contributed by atoms with Crippen molar-refractivity contribution in [3.63, 3.8) is 0 Å². The highest BCUT2D eigenvalue weighted by atomic mass is 35.5. The number of aliphatic carboxylic acids is 1. The Balaban J connectivity index is 0.000000331. The number of carbonyl (C=O) groups excluding carboxylic acids is 1. The van der Waals surface area contributed by atoms with Gasteiger partial charge in [0.15, 0.2) is 29.2 Å². The summed E-state index contributed by atoms with van der Waals surface area (Å²) in [4.78, 5) is 22.4. The smallest absolute Gasteiger partial charge is 0.324 e. The van der Waals surface area contributed by atoms with E-state index < -0.39 is 41.0 Å². The van der Waals surface area contributed by atoms with Crippen LogP contribution < -0.4 is 11.3 Å². The zero-order valence-corrected chi connectivity index (χ0v) is 21.3. The highest BCUT2D eigenvalue weighted by Crippen LogP contribution is 2.27. The van der Waals surface area contributed by atoms with Gasteiger partial charge in [0, 0.05) is 10.0 Å². The number of nitrogens with one attached hydrogen (secondary N) is 1. The Morgan fingerprint density at radius 2 is 1.06 bits per heavy atom. The molecule has 0 aromatic heterocycles. The van der Waals surface area contributed by atoms with Crippen LogP contribution in [0.15, 0.2) is 58.3 Å². The zero-order valence-electron chi connectivity index (χ0n) is 18.2. The Bertz CT molecular complexity index is 1220. The van der Waals surface area contributed by atoms with Gasteiger partial charge in [0.25, 0.3) is 5.91 Å². The van der Waals surface area contributed by atoms with Gasteiger partial charge in [-0.3, -0.25) is 15.0 Å². The molecule has 2 aromatic rings. The van der Waals surface area contributed by atoms with E-state index in [0.29, 0.717) is 10.0 Å². The predicted molar refractivity (Wildman–Crippen MR) is 125 cm³/mol. The maximum atomic E-state index is 12.2. The van der Waals surface area contributed by atoms with Crippen LogP contribution in [0, 0.1) is 0 Å². The van der Waals surface area contributed by atoms with Crippen LogP contribution in [-0.4, -0.2) is 43.3 Å². The maximum absolute atomic E-state index is 12.2. The molecule has 0 atom stereocenters. The third kappa shape index (κ3) is 6.04. The normalized spacial score (nSPS) is 12.3. The van der Waals surface area contributed by atoms with Crippen molar-refractivity contribution >= 4 is 54.8 Å². The molecule has 0 unspecified atom stereocenters. The Morgan fingerprint density at radius 1 is 0.758 bits per heavy atom. The minimum Gasteiger partial charge on any atom is -0.480 e. The van der Waals surface area contributed by atoms with Gasteiger partial charge in [-0.1, -0.05) is 23.2 Å². The van der Waals surface area contributed by atoms with Crippen molar-refractivity contribution in [3.05, 3.63) is 58.6 Å². The molecule has 0 saturated carbocycles. The number of carboxylic acids is 1. The average molecular weight is 539 g/mol. The summed E-state index contributed by atoms with van der Waals surface area (Å²) in [6, 6.07) is 11.0. The van der Waals surface area contributed by atoms with E-state index >= 15 is 0 Å². The number of benzene rings is 2. The molecule has 0 aliphatic rings. The topological polar surface area (TPSA) is 161 Å². The Hall–Kier alpha value is -2.18. The molecule has 0 saturated heterocycles. The first-order valence-corrected chi connectivity index (χ1v) is 12.9. The van der Waals surface area contributed by atoms with Crippen molar-refractivity contribution in [1.82, 2.24) is 5.43 Å². The number of rotatable bonds is 6. The number of carboxylic acid groups (broad SMARTS) is 1. The van der Waals surface area contributed by atoms with Gasteiger partial charge in [-0.25, -0.2) is 22.7 Å². The summed E-state index contributed by atoms with van der Waals surface area (Å²) in [7, 11) is -7.73. The van der Waals surface area contributed by atoms with E-state index in [4.69, 9.17) is 34.2 Å². The van der Waals surface area contributed by atoms with Crippen LogP contribution in [0.25, 0.3) is 0 Å². The quantitative estimate of drug-likeness (QED) is 0.287. The van der Waals surface area contributed by atoms with Crippen molar-refractivity contribution < 1.29 is 31.5 Å². The van der Waals surface area contributed by atoms with Crippen LogP contribution in [0.1, 0.15) is 27.7 Å². The SMILES string of the molecule is CC(C)(C(=O)NN)S(=O)(=O)c1ccc(Cl)cc1.CC(C)(C(=O)O)S(=O)(=O)c1ccc(Cl)cc1. The van der Waals surface area contributed by atoms with Gasteiger partial charge in [0.1, 0.15) is 0 Å². The number of amides is 1. The fourth-order valence-electron chi connectivity index (χ4n) is 2.23. The molecule has 2 aromatic carbocycles. The molecule has 0 aliphatic heterocycles. The first-order valence-electron chi connectivity index (χ1n) is 9.17. The molecule has 0 heterocycles. The maximum Gasteiger partial charge on any atom is 0.324 e. The third-order valence-corrected chi connectivity index (χ3v) is 10.1. The lowest BCUT2D eigenvalue weighted by Crippen LogP contribution is -2.50. The monoisotopic (exact) mass is 538 g/mol. The minimum atomic E-state index is -3.91. The number of sulfone groups is 2. The van der Waals surface area contributed by atoms with Crippen molar-refractivity contribution in [3.8, 4) is 0 Å². The Morgan fingerprint density at radius 3 is 1.33 bits per heavy atom. The zero-order chi connectivity index (χ0) is 25.8. The van der Waals surface area contributed by atoms with E-state index in [-0.39, 0.29) is 9.79 Å². The van der Waals surface area contributed by atoms with E-state index in [1.165, 1.54) is 62.4 Å². The van der Waals surface area contributed by atoms with Gasteiger partial charge in [-0.2, -0.15) is 0 Å². The van der Waals surface area contributed by atoms with Gasteiger partial charge < -0.3 is 5.11 Å². The summed E-state index contributed by atoms with van der Waals surface area (Å²) in [6.45, 7) is 4.89. The molecule has 13 heteroatoms. The molecular formula is C20H24Cl2N2O7S2. The molecule has 0 spiro atoms. The van der Waals surface area contributed by atoms with Gasteiger partial charge in [0.05, 0.1) is 9.79 Å². The number of hydrogen-bond donors (Lipinski definition) is 3. The van der Waals surface area contributed by atoms with Crippen molar-refractivity contribution in [2.75, 3.05) is 0 Å². The molecular weight excluding hydrogens is 515 g/mol. The predicted octanol–water partition coefficient (Wildman–Crippen LogP) is 2.86. The number of hydrazine groups is 1. The average Bonchev–Trinajstić information content (AvgIpc) is 2.73. The fraction of sp³-hybridized carbons (Fsp3) is 0.300. The summed E-state index contributed by atoms with van der Waals surface area (Å²) in [6.07, 6.45) is 0. The van der Waals surface area contributed by atoms with Crippen molar-refractivity contribution in [2.45, 2.75) is 47.0 Å². The second-order valence-electron chi connectivity index (χ2n) is 7.71. The molecule has 33 heavy (non-hydrogen) atoms. The Kier molecular flexibility index (Phi) is 9.09. The number of hydrogen-bond acceptors (Lipinski definition) is 7. The van der Waals surface area contributed by atoms with Crippen molar-refractivity contribution in [1.29, 1.82) is 0 Å². The molecule has 182 valence electrons. The lowest BCUT2D eigenvalue weighted by molar-refractivity contribution is -0.139. The number of carbonyl (C=O) groups is 2. The first-order chi connectivity index (χ1) is 14.9. The largest absolute Gasteiger partial charge is 0.480 e. The summed E-state index contributed by atoms with van der Waals surface area (Å²) < 4.78 is 44.9. The Labute approximate surface area is 202 Å². The standard InChI is InChI=1S/C10H13ClN2O3S.C10H11ClO4S/c1-10(2,9(14)13-12)17(15,16)8-5-3-7(11)4-6-8;1-10(2,9(12)13)16(14,15)8-5-3-7(11)4-6-8/h3-6H,12H2,1-2H3,(H,13,14);3-6H,1-2H3,(H,12,13). The van der Waals surface area contributed by atoms with Crippen LogP contribution in [-0.2, 0) is 29.3 Å². The molecule has 0 radical (unpaired) electrons. The molecule has 0 fully saturated rings. The van der Waals surface area contributed by atoms with Crippen LogP contribution in [0.3, 0.4) is 0 Å². The number of halogens is 2. The van der Waals surface area contributed by atoms with Gasteiger partial charge in [-0.05, 0) is 76.2 Å². The summed E-state index contributed by atoms with van der Waals surface area (Å²) in [5.74, 6) is 2.81. The summed E-state index contributed by atoms with van der Waals surface area (Å²) >= 11 is 11.3. The van der Waals surface area contributed by atoms with E-state index in [2.05, 4.69) is 0 Å². The lowest BCUT2D eigenvalue weighted by Gasteiger charge is -2.22. The molecule has 0 bridgehead atoms. The van der Waals surface area contributed by atoms with Gasteiger partial charge >= 0.3 is 5.97 Å². The van der Waals surface area contributed by atoms with Crippen molar-refractivity contribution in [2.24, 2.45) is 5.84 Å². The van der Waals surface area contributed by atoms with Gasteiger partial charge in [0.2, 0.25) is 0 Å². The second-order valence-corrected chi connectivity index (χ2v) is 13.6. The lowest BCUT2D eigenvalue weighted by atomic mass is 10.2.